The molecular weight excluding hydrogens is 340 g/mol. The molecule has 0 saturated carbocycles. The van der Waals surface area contributed by atoms with E-state index in [4.69, 9.17) is 5.26 Å². The summed E-state index contributed by atoms with van der Waals surface area (Å²) in [4.78, 5) is 25.3. The Balaban J connectivity index is 1.89. The van der Waals surface area contributed by atoms with E-state index >= 15 is 0 Å². The van der Waals surface area contributed by atoms with E-state index in [0.29, 0.717) is 11.3 Å². The average Bonchev–Trinajstić information content (AvgIpc) is 2.57. The van der Waals surface area contributed by atoms with Crippen molar-refractivity contribution in [3.63, 3.8) is 0 Å². The molecule has 0 spiro atoms. The van der Waals surface area contributed by atoms with Gasteiger partial charge in [-0.3, -0.25) is 9.59 Å². The lowest BCUT2D eigenvalue weighted by Gasteiger charge is -2.16. The van der Waals surface area contributed by atoms with Gasteiger partial charge < -0.3 is 15.5 Å². The van der Waals surface area contributed by atoms with Gasteiger partial charge >= 0.3 is 0 Å². The zero-order valence-electron chi connectivity index (χ0n) is 16.1. The summed E-state index contributed by atoms with van der Waals surface area (Å²) >= 11 is 0. The lowest BCUT2D eigenvalue weighted by molar-refractivity contribution is -0.862. The maximum atomic E-state index is 12.3. The molecule has 27 heavy (non-hydrogen) atoms. The molecule has 0 saturated heterocycles. The number of nitrogens with one attached hydrogen (secondary N) is 3. The lowest BCUT2D eigenvalue weighted by Crippen LogP contribution is -3.11. The van der Waals surface area contributed by atoms with Crippen LogP contribution in [0.25, 0.3) is 0 Å². The molecule has 2 rings (SSSR count). The van der Waals surface area contributed by atoms with Gasteiger partial charge in [0, 0.05) is 11.4 Å². The molecule has 2 amide bonds. The molecule has 1 atom stereocenters. The van der Waals surface area contributed by atoms with Gasteiger partial charge in [-0.25, -0.2) is 0 Å². The highest BCUT2D eigenvalue weighted by Crippen LogP contribution is 2.21. The molecule has 0 bridgehead atoms. The summed E-state index contributed by atoms with van der Waals surface area (Å²) in [5.74, 6) is -0.347. The SMILES string of the molecule is Cc1cc(C)c(NC(=O)C[NH+](C)CC(=O)Nc2cccc(C#N)c2)c(C)c1. The molecule has 1 unspecified atom stereocenters. The molecule has 0 radical (unpaired) electrons. The number of amides is 2. The van der Waals surface area contributed by atoms with Crippen LogP contribution >= 0.6 is 0 Å². The summed E-state index contributed by atoms with van der Waals surface area (Å²) < 4.78 is 0. The monoisotopic (exact) mass is 365 g/mol. The van der Waals surface area contributed by atoms with Crippen molar-refractivity contribution in [1.29, 1.82) is 5.26 Å². The van der Waals surface area contributed by atoms with E-state index in [1.165, 1.54) is 0 Å². The standard InChI is InChI=1S/C21H24N4O2/c1-14-8-15(2)21(16(3)9-14)24-20(27)13-25(4)12-19(26)23-18-7-5-6-17(10-18)11-22/h5-10H,12-13H2,1-4H3,(H,23,26)(H,24,27)/p+1. The van der Waals surface area contributed by atoms with Crippen LogP contribution in [0.3, 0.4) is 0 Å². The molecule has 0 aliphatic carbocycles. The van der Waals surface area contributed by atoms with Gasteiger partial charge in [-0.15, -0.1) is 0 Å². The first kappa shape index (κ1) is 20.1. The van der Waals surface area contributed by atoms with Crippen molar-refractivity contribution in [3.05, 3.63) is 58.7 Å². The number of hydrogen-bond acceptors (Lipinski definition) is 3. The third-order valence-corrected chi connectivity index (χ3v) is 4.14. The third kappa shape index (κ3) is 5.94. The molecule has 0 aliphatic heterocycles. The fraction of sp³-hybridized carbons (Fsp3) is 0.286. The highest BCUT2D eigenvalue weighted by Gasteiger charge is 2.16. The number of carbonyl (C=O) groups is 2. The summed E-state index contributed by atoms with van der Waals surface area (Å²) in [7, 11) is 1.79. The molecule has 6 nitrogen and oxygen atoms in total. The van der Waals surface area contributed by atoms with Crippen molar-refractivity contribution in [2.75, 3.05) is 30.8 Å². The van der Waals surface area contributed by atoms with Gasteiger partial charge in [-0.2, -0.15) is 5.26 Å². The van der Waals surface area contributed by atoms with Gasteiger partial charge in [0.15, 0.2) is 13.1 Å². The van der Waals surface area contributed by atoms with Crippen LogP contribution < -0.4 is 15.5 Å². The zero-order chi connectivity index (χ0) is 20.0. The van der Waals surface area contributed by atoms with Crippen LogP contribution in [-0.4, -0.2) is 32.0 Å². The van der Waals surface area contributed by atoms with E-state index in [1.807, 2.05) is 39.0 Å². The molecule has 0 heterocycles. The van der Waals surface area contributed by atoms with E-state index in [-0.39, 0.29) is 24.9 Å². The van der Waals surface area contributed by atoms with E-state index in [9.17, 15) is 9.59 Å². The molecule has 140 valence electrons. The zero-order valence-corrected chi connectivity index (χ0v) is 16.1. The number of rotatable bonds is 6. The van der Waals surface area contributed by atoms with Gasteiger partial charge in [0.25, 0.3) is 11.8 Å². The van der Waals surface area contributed by atoms with Crippen molar-refractivity contribution in [1.82, 2.24) is 0 Å². The molecule has 0 fully saturated rings. The van der Waals surface area contributed by atoms with Crippen molar-refractivity contribution in [3.8, 4) is 6.07 Å². The summed E-state index contributed by atoms with van der Waals surface area (Å²) in [6.07, 6.45) is 0. The Hall–Kier alpha value is -3.17. The number of hydrogen-bond donors (Lipinski definition) is 3. The summed E-state index contributed by atoms with van der Waals surface area (Å²) in [6.45, 7) is 6.28. The van der Waals surface area contributed by atoms with E-state index < -0.39 is 0 Å². The van der Waals surface area contributed by atoms with Gasteiger partial charge in [0.2, 0.25) is 0 Å². The molecule has 2 aromatic rings. The Morgan fingerprint density at radius 3 is 2.19 bits per heavy atom. The van der Waals surface area contributed by atoms with E-state index in [0.717, 1.165) is 27.3 Å². The maximum absolute atomic E-state index is 12.3. The Bertz CT molecular complexity index is 876. The summed E-state index contributed by atoms with van der Waals surface area (Å²) in [5.41, 5.74) is 5.08. The largest absolute Gasteiger partial charge is 0.322 e. The van der Waals surface area contributed by atoms with Gasteiger partial charge in [0.05, 0.1) is 18.7 Å². The minimum atomic E-state index is -0.210. The normalized spacial score (nSPS) is 11.4. The number of nitrogens with zero attached hydrogens (tertiary/aromatic N) is 1. The number of likely N-dealkylation sites (N-methyl/N-ethyl adjacent to an activating group) is 1. The second-order valence-corrected chi connectivity index (χ2v) is 6.87. The van der Waals surface area contributed by atoms with E-state index in [2.05, 4.69) is 10.6 Å². The molecule has 0 aromatic heterocycles. The first-order chi connectivity index (χ1) is 12.8. The van der Waals surface area contributed by atoms with Crippen molar-refractivity contribution >= 4 is 23.2 Å². The average molecular weight is 365 g/mol. The number of nitriles is 1. The molecule has 6 heteroatoms. The predicted octanol–water partition coefficient (Wildman–Crippen LogP) is 1.58. The number of anilines is 2. The minimum Gasteiger partial charge on any atom is -0.322 e. The lowest BCUT2D eigenvalue weighted by atomic mass is 10.1. The summed E-state index contributed by atoms with van der Waals surface area (Å²) in [5, 5.41) is 14.6. The third-order valence-electron chi connectivity index (χ3n) is 4.14. The van der Waals surface area contributed by atoms with Crippen LogP contribution in [0.5, 0.6) is 0 Å². The fourth-order valence-corrected chi connectivity index (χ4v) is 3.04. The highest BCUT2D eigenvalue weighted by molar-refractivity contribution is 5.94. The number of benzene rings is 2. The number of carbonyl (C=O) groups excluding carboxylic acids is 2. The number of aryl methyl sites for hydroxylation is 3. The topological polar surface area (TPSA) is 86.4 Å². The minimum absolute atomic E-state index is 0.137. The Morgan fingerprint density at radius 1 is 1.00 bits per heavy atom. The Labute approximate surface area is 159 Å². The van der Waals surface area contributed by atoms with Crippen LogP contribution in [0, 0.1) is 32.1 Å². The van der Waals surface area contributed by atoms with Crippen LogP contribution in [-0.2, 0) is 9.59 Å². The van der Waals surface area contributed by atoms with Crippen LogP contribution in [0.1, 0.15) is 22.3 Å². The Kier molecular flexibility index (Phi) is 6.69. The smallest absolute Gasteiger partial charge is 0.279 e. The van der Waals surface area contributed by atoms with Crippen molar-refractivity contribution in [2.45, 2.75) is 20.8 Å². The first-order valence-electron chi connectivity index (χ1n) is 8.77. The van der Waals surface area contributed by atoms with Crippen molar-refractivity contribution < 1.29 is 14.5 Å². The molecular formula is C21H25N4O2+. The molecule has 2 aromatic carbocycles. The van der Waals surface area contributed by atoms with Crippen LogP contribution in [0.4, 0.5) is 11.4 Å². The first-order valence-corrected chi connectivity index (χ1v) is 8.77. The van der Waals surface area contributed by atoms with Crippen LogP contribution in [0.2, 0.25) is 0 Å². The molecule has 0 aliphatic rings. The van der Waals surface area contributed by atoms with E-state index in [1.54, 1.807) is 31.3 Å². The quantitative estimate of drug-likeness (QED) is 0.726. The fourth-order valence-electron chi connectivity index (χ4n) is 3.04. The molecule has 3 N–H and O–H groups in total. The predicted molar refractivity (Wildman–Crippen MR) is 106 cm³/mol. The highest BCUT2D eigenvalue weighted by atomic mass is 16.2. The van der Waals surface area contributed by atoms with Crippen LogP contribution in [0.15, 0.2) is 36.4 Å². The summed E-state index contributed by atoms with van der Waals surface area (Å²) in [6, 6.07) is 12.8. The second-order valence-electron chi connectivity index (χ2n) is 6.87. The number of quaternary nitrogens is 1. The van der Waals surface area contributed by atoms with Gasteiger partial charge in [0.1, 0.15) is 0 Å². The van der Waals surface area contributed by atoms with Gasteiger partial charge in [-0.05, 0) is 50.1 Å². The maximum Gasteiger partial charge on any atom is 0.279 e. The second kappa shape index (κ2) is 8.97. The van der Waals surface area contributed by atoms with Crippen molar-refractivity contribution in [2.24, 2.45) is 0 Å². The van der Waals surface area contributed by atoms with Gasteiger partial charge in [-0.1, -0.05) is 23.8 Å². The Morgan fingerprint density at radius 2 is 1.59 bits per heavy atom.